The van der Waals surface area contributed by atoms with Gasteiger partial charge in [-0.3, -0.25) is 14.5 Å². The molecule has 0 spiro atoms. The van der Waals surface area contributed by atoms with Gasteiger partial charge in [-0.1, -0.05) is 32.9 Å². The fraction of sp³-hybridized carbons (Fsp3) is 0.536. The Morgan fingerprint density at radius 1 is 1.06 bits per heavy atom. The van der Waals surface area contributed by atoms with Crippen LogP contribution in [0, 0.1) is 5.92 Å². The summed E-state index contributed by atoms with van der Waals surface area (Å²) in [6.45, 7) is 9.69. The normalized spacial score (nSPS) is 14.8. The summed E-state index contributed by atoms with van der Waals surface area (Å²) < 4.78 is 0. The molecule has 0 aliphatic carbocycles. The number of hydrogen-bond donors (Lipinski definition) is 1. The van der Waals surface area contributed by atoms with Gasteiger partial charge in [0, 0.05) is 38.9 Å². The van der Waals surface area contributed by atoms with E-state index in [1.807, 2.05) is 43.4 Å². The third kappa shape index (κ3) is 7.52. The van der Waals surface area contributed by atoms with E-state index in [-0.39, 0.29) is 17.2 Å². The van der Waals surface area contributed by atoms with Crippen LogP contribution >= 0.6 is 0 Å². The SMILES string of the molecule is CN(CCC1CCN(c2ncccc2NC(=O)c2ccc(C(C)(C)C)cc2)CC1)CC(=O)N(C)C. The van der Waals surface area contributed by atoms with Crippen molar-refractivity contribution in [3.05, 3.63) is 53.7 Å². The molecule has 0 saturated carbocycles. The van der Waals surface area contributed by atoms with Crippen molar-refractivity contribution >= 4 is 23.3 Å². The fourth-order valence-electron chi connectivity index (χ4n) is 4.35. The minimum absolute atomic E-state index is 0.0523. The third-order valence-corrected chi connectivity index (χ3v) is 6.79. The van der Waals surface area contributed by atoms with Gasteiger partial charge in [-0.25, -0.2) is 4.98 Å². The van der Waals surface area contributed by atoms with Crippen molar-refractivity contribution < 1.29 is 9.59 Å². The summed E-state index contributed by atoms with van der Waals surface area (Å²) in [7, 11) is 5.60. The van der Waals surface area contributed by atoms with Crippen molar-refractivity contribution in [2.24, 2.45) is 5.92 Å². The average molecular weight is 480 g/mol. The topological polar surface area (TPSA) is 68.8 Å². The minimum Gasteiger partial charge on any atom is -0.355 e. The third-order valence-electron chi connectivity index (χ3n) is 6.79. The molecule has 7 heteroatoms. The van der Waals surface area contributed by atoms with Gasteiger partial charge < -0.3 is 15.1 Å². The highest BCUT2D eigenvalue weighted by Crippen LogP contribution is 2.29. The number of aromatic nitrogens is 1. The maximum absolute atomic E-state index is 12.9. The number of amides is 2. The molecule has 1 N–H and O–H groups in total. The van der Waals surface area contributed by atoms with Crippen LogP contribution in [-0.4, -0.2) is 73.9 Å². The van der Waals surface area contributed by atoms with Crippen molar-refractivity contribution in [2.45, 2.75) is 45.4 Å². The van der Waals surface area contributed by atoms with Crippen LogP contribution < -0.4 is 10.2 Å². The van der Waals surface area contributed by atoms with Crippen LogP contribution in [0.25, 0.3) is 0 Å². The van der Waals surface area contributed by atoms with E-state index in [9.17, 15) is 9.59 Å². The zero-order chi connectivity index (χ0) is 25.6. The molecule has 1 aromatic heterocycles. The Bertz CT molecular complexity index is 989. The largest absolute Gasteiger partial charge is 0.355 e. The van der Waals surface area contributed by atoms with Crippen LogP contribution in [-0.2, 0) is 10.2 Å². The Hall–Kier alpha value is -2.93. The molecule has 0 bridgehead atoms. The first-order valence-corrected chi connectivity index (χ1v) is 12.5. The van der Waals surface area contributed by atoms with Gasteiger partial charge in [-0.05, 0) is 74.0 Å². The van der Waals surface area contributed by atoms with Gasteiger partial charge in [-0.15, -0.1) is 0 Å². The average Bonchev–Trinajstić information content (AvgIpc) is 2.83. The number of carbonyl (C=O) groups excluding carboxylic acids is 2. The summed E-state index contributed by atoms with van der Waals surface area (Å²) in [6.07, 6.45) is 5.02. The molecule has 35 heavy (non-hydrogen) atoms. The lowest BCUT2D eigenvalue weighted by atomic mass is 9.87. The summed E-state index contributed by atoms with van der Waals surface area (Å²) in [5, 5.41) is 3.08. The van der Waals surface area contributed by atoms with Crippen molar-refractivity contribution in [1.29, 1.82) is 0 Å². The summed E-state index contributed by atoms with van der Waals surface area (Å²) >= 11 is 0. The van der Waals surface area contributed by atoms with E-state index in [1.165, 1.54) is 5.56 Å². The zero-order valence-corrected chi connectivity index (χ0v) is 22.2. The monoisotopic (exact) mass is 479 g/mol. The highest BCUT2D eigenvalue weighted by Gasteiger charge is 2.23. The van der Waals surface area contributed by atoms with Crippen LogP contribution in [0.2, 0.25) is 0 Å². The molecule has 1 aromatic carbocycles. The lowest BCUT2D eigenvalue weighted by molar-refractivity contribution is -0.129. The lowest BCUT2D eigenvalue weighted by Crippen LogP contribution is -2.37. The number of anilines is 2. The second-order valence-electron chi connectivity index (χ2n) is 10.9. The lowest BCUT2D eigenvalue weighted by Gasteiger charge is -2.34. The summed E-state index contributed by atoms with van der Waals surface area (Å²) in [6, 6.07) is 11.6. The molecular formula is C28H41N5O2. The van der Waals surface area contributed by atoms with Crippen LogP contribution in [0.4, 0.5) is 11.5 Å². The molecule has 3 rings (SSSR count). The Labute approximate surface area is 210 Å². The second kappa shape index (κ2) is 11.7. The van der Waals surface area contributed by atoms with Gasteiger partial charge >= 0.3 is 0 Å². The maximum atomic E-state index is 12.9. The van der Waals surface area contributed by atoms with Gasteiger partial charge in [-0.2, -0.15) is 0 Å². The molecule has 0 radical (unpaired) electrons. The van der Waals surface area contributed by atoms with E-state index in [1.54, 1.807) is 25.2 Å². The van der Waals surface area contributed by atoms with Gasteiger partial charge in [0.05, 0.1) is 12.2 Å². The van der Waals surface area contributed by atoms with Crippen LogP contribution in [0.5, 0.6) is 0 Å². The smallest absolute Gasteiger partial charge is 0.255 e. The number of benzene rings is 1. The first kappa shape index (κ1) is 26.7. The fourth-order valence-corrected chi connectivity index (χ4v) is 4.35. The number of carbonyl (C=O) groups is 2. The molecule has 2 heterocycles. The number of nitrogens with zero attached hydrogens (tertiary/aromatic N) is 4. The maximum Gasteiger partial charge on any atom is 0.255 e. The highest BCUT2D eigenvalue weighted by atomic mass is 16.2. The van der Waals surface area contributed by atoms with E-state index in [0.29, 0.717) is 18.0 Å². The molecule has 0 unspecified atom stereocenters. The van der Waals surface area contributed by atoms with Gasteiger partial charge in [0.2, 0.25) is 5.91 Å². The quantitative estimate of drug-likeness (QED) is 0.613. The van der Waals surface area contributed by atoms with E-state index in [4.69, 9.17) is 0 Å². The predicted octanol–water partition coefficient (Wildman–Crippen LogP) is 4.26. The molecule has 1 aliphatic heterocycles. The molecule has 1 aliphatic rings. The zero-order valence-electron chi connectivity index (χ0n) is 22.2. The summed E-state index contributed by atoms with van der Waals surface area (Å²) in [5.74, 6) is 1.48. The molecule has 0 atom stereocenters. The molecule has 2 aromatic rings. The molecule has 7 nitrogen and oxygen atoms in total. The van der Waals surface area contributed by atoms with E-state index >= 15 is 0 Å². The first-order valence-electron chi connectivity index (χ1n) is 12.5. The van der Waals surface area contributed by atoms with Gasteiger partial charge in [0.15, 0.2) is 5.82 Å². The second-order valence-corrected chi connectivity index (χ2v) is 10.9. The molecule has 190 valence electrons. The summed E-state index contributed by atoms with van der Waals surface area (Å²) in [4.78, 5) is 35.5. The van der Waals surface area contributed by atoms with Crippen LogP contribution in [0.15, 0.2) is 42.6 Å². The van der Waals surface area contributed by atoms with E-state index in [2.05, 4.69) is 40.9 Å². The summed E-state index contributed by atoms with van der Waals surface area (Å²) in [5.41, 5.74) is 2.65. The van der Waals surface area contributed by atoms with E-state index in [0.717, 1.165) is 50.4 Å². The molecular weight excluding hydrogens is 438 g/mol. The molecule has 1 saturated heterocycles. The number of hydrogen-bond acceptors (Lipinski definition) is 5. The Balaban J connectivity index is 1.55. The number of piperidine rings is 1. The minimum atomic E-state index is -0.120. The van der Waals surface area contributed by atoms with Crippen molar-refractivity contribution in [1.82, 2.24) is 14.8 Å². The standard InChI is InChI=1S/C28H41N5O2/c1-28(2,3)23-11-9-22(10-12-23)27(35)30-24-8-7-16-29-26(24)33-18-14-21(15-19-33)13-17-32(6)20-25(34)31(4)5/h7-12,16,21H,13-15,17-20H2,1-6H3,(H,30,35). The van der Waals surface area contributed by atoms with Gasteiger partial charge in [0.25, 0.3) is 5.91 Å². The number of rotatable bonds is 8. The predicted molar refractivity (Wildman–Crippen MR) is 143 cm³/mol. The molecule has 1 fully saturated rings. The van der Waals surface area contributed by atoms with Crippen molar-refractivity contribution in [3.63, 3.8) is 0 Å². The Kier molecular flexibility index (Phi) is 8.89. The van der Waals surface area contributed by atoms with Crippen molar-refractivity contribution in [2.75, 3.05) is 57.5 Å². The van der Waals surface area contributed by atoms with Gasteiger partial charge in [0.1, 0.15) is 0 Å². The number of pyridine rings is 1. The van der Waals surface area contributed by atoms with E-state index < -0.39 is 0 Å². The number of likely N-dealkylation sites (N-methyl/N-ethyl adjacent to an activating group) is 2. The number of nitrogens with one attached hydrogen (secondary N) is 1. The van der Waals surface area contributed by atoms with Crippen LogP contribution in [0.3, 0.4) is 0 Å². The Morgan fingerprint density at radius 3 is 2.31 bits per heavy atom. The highest BCUT2D eigenvalue weighted by molar-refractivity contribution is 6.05. The van der Waals surface area contributed by atoms with Crippen molar-refractivity contribution in [3.8, 4) is 0 Å². The Morgan fingerprint density at radius 2 is 1.71 bits per heavy atom. The molecule has 2 amide bonds. The van der Waals surface area contributed by atoms with Crippen LogP contribution in [0.1, 0.15) is 56.0 Å². The first-order chi connectivity index (χ1) is 16.5.